The van der Waals surface area contributed by atoms with Crippen LogP contribution in [0.25, 0.3) is 22.4 Å². The summed E-state index contributed by atoms with van der Waals surface area (Å²) in [7, 11) is 0. The van der Waals surface area contributed by atoms with Gasteiger partial charge in [-0.3, -0.25) is 0 Å². The van der Waals surface area contributed by atoms with Crippen LogP contribution >= 0.6 is 0 Å². The summed E-state index contributed by atoms with van der Waals surface area (Å²) < 4.78 is 2.14. The SMILES string of the molecule is CCn1c(-c2ccc(N)c(O)c2)nc2cc(C)ccc21. The van der Waals surface area contributed by atoms with Crippen LogP contribution in [0, 0.1) is 6.92 Å². The van der Waals surface area contributed by atoms with Crippen LogP contribution in [0.15, 0.2) is 36.4 Å². The molecule has 102 valence electrons. The molecule has 3 N–H and O–H groups in total. The van der Waals surface area contributed by atoms with E-state index in [1.807, 2.05) is 6.07 Å². The largest absolute Gasteiger partial charge is 0.506 e. The molecule has 20 heavy (non-hydrogen) atoms. The Morgan fingerprint density at radius 3 is 2.70 bits per heavy atom. The first-order valence-corrected chi connectivity index (χ1v) is 6.66. The van der Waals surface area contributed by atoms with Gasteiger partial charge >= 0.3 is 0 Å². The lowest BCUT2D eigenvalue weighted by Crippen LogP contribution is -1.97. The van der Waals surface area contributed by atoms with E-state index in [0.29, 0.717) is 5.69 Å². The number of aromatic hydroxyl groups is 1. The summed E-state index contributed by atoms with van der Waals surface area (Å²) in [6, 6.07) is 11.5. The van der Waals surface area contributed by atoms with E-state index in [-0.39, 0.29) is 5.75 Å². The molecule has 0 aliphatic carbocycles. The number of phenols is 1. The van der Waals surface area contributed by atoms with E-state index >= 15 is 0 Å². The van der Waals surface area contributed by atoms with Crippen molar-refractivity contribution in [3.8, 4) is 17.1 Å². The van der Waals surface area contributed by atoms with E-state index in [9.17, 15) is 5.11 Å². The minimum absolute atomic E-state index is 0.0911. The van der Waals surface area contributed by atoms with Crippen molar-refractivity contribution in [2.24, 2.45) is 0 Å². The summed E-state index contributed by atoms with van der Waals surface area (Å²) in [4.78, 5) is 4.70. The first-order chi connectivity index (χ1) is 9.60. The number of fused-ring (bicyclic) bond motifs is 1. The summed E-state index contributed by atoms with van der Waals surface area (Å²) in [5, 5.41) is 9.78. The van der Waals surface area contributed by atoms with Crippen molar-refractivity contribution in [3.63, 3.8) is 0 Å². The van der Waals surface area contributed by atoms with Gasteiger partial charge in [-0.1, -0.05) is 6.07 Å². The van der Waals surface area contributed by atoms with Crippen molar-refractivity contribution < 1.29 is 5.11 Å². The molecule has 0 aliphatic rings. The zero-order valence-electron chi connectivity index (χ0n) is 11.6. The van der Waals surface area contributed by atoms with Gasteiger partial charge in [-0.05, 0) is 49.7 Å². The van der Waals surface area contributed by atoms with Crippen molar-refractivity contribution in [2.45, 2.75) is 20.4 Å². The summed E-state index contributed by atoms with van der Waals surface area (Å²) in [6.07, 6.45) is 0. The fourth-order valence-corrected chi connectivity index (χ4v) is 2.46. The number of nitrogens with zero attached hydrogens (tertiary/aromatic N) is 2. The number of aromatic nitrogens is 2. The lowest BCUT2D eigenvalue weighted by molar-refractivity contribution is 0.478. The maximum absolute atomic E-state index is 9.78. The fraction of sp³-hybridized carbons (Fsp3) is 0.188. The molecule has 0 saturated heterocycles. The van der Waals surface area contributed by atoms with Crippen LogP contribution in [0.4, 0.5) is 5.69 Å². The van der Waals surface area contributed by atoms with Crippen LogP contribution in [0.3, 0.4) is 0 Å². The molecule has 3 aromatic rings. The highest BCUT2D eigenvalue weighted by molar-refractivity contribution is 5.82. The van der Waals surface area contributed by atoms with E-state index in [1.54, 1.807) is 12.1 Å². The second kappa shape index (κ2) is 4.56. The molecule has 0 unspecified atom stereocenters. The molecule has 0 fully saturated rings. The molecule has 0 saturated carbocycles. The standard InChI is InChI=1S/C16H17N3O/c1-3-19-14-7-4-10(2)8-13(14)18-16(19)11-5-6-12(17)15(20)9-11/h4-9,20H,3,17H2,1-2H3. The zero-order chi connectivity index (χ0) is 14.3. The topological polar surface area (TPSA) is 64.1 Å². The smallest absolute Gasteiger partial charge is 0.141 e. The van der Waals surface area contributed by atoms with Gasteiger partial charge < -0.3 is 15.4 Å². The number of rotatable bonds is 2. The monoisotopic (exact) mass is 267 g/mol. The first-order valence-electron chi connectivity index (χ1n) is 6.66. The molecular weight excluding hydrogens is 250 g/mol. The highest BCUT2D eigenvalue weighted by Crippen LogP contribution is 2.30. The third-order valence-electron chi connectivity index (χ3n) is 3.51. The number of hydrogen-bond donors (Lipinski definition) is 2. The molecule has 0 radical (unpaired) electrons. The number of nitrogen functional groups attached to an aromatic ring is 1. The first kappa shape index (κ1) is 12.5. The van der Waals surface area contributed by atoms with Crippen molar-refractivity contribution in [1.82, 2.24) is 9.55 Å². The maximum atomic E-state index is 9.78. The molecular formula is C16H17N3O. The number of hydrogen-bond acceptors (Lipinski definition) is 3. The molecule has 1 aromatic heterocycles. The van der Waals surface area contributed by atoms with E-state index in [2.05, 4.69) is 36.6 Å². The molecule has 0 atom stereocenters. The van der Waals surface area contributed by atoms with Gasteiger partial charge in [0.05, 0.1) is 16.7 Å². The number of imidazole rings is 1. The predicted molar refractivity (Wildman–Crippen MR) is 81.7 cm³/mol. The van der Waals surface area contributed by atoms with Gasteiger partial charge in [0.1, 0.15) is 11.6 Å². The van der Waals surface area contributed by atoms with E-state index in [4.69, 9.17) is 10.7 Å². The number of anilines is 1. The Bertz CT molecular complexity index is 790. The number of aryl methyl sites for hydroxylation is 2. The minimum atomic E-state index is 0.0911. The maximum Gasteiger partial charge on any atom is 0.141 e. The summed E-state index contributed by atoms with van der Waals surface area (Å²) in [5.74, 6) is 0.941. The van der Waals surface area contributed by atoms with Crippen LogP contribution < -0.4 is 5.73 Å². The Hall–Kier alpha value is -2.49. The van der Waals surface area contributed by atoms with Gasteiger partial charge in [0.25, 0.3) is 0 Å². The third kappa shape index (κ3) is 1.90. The van der Waals surface area contributed by atoms with Crippen LogP contribution in [0.2, 0.25) is 0 Å². The highest BCUT2D eigenvalue weighted by Gasteiger charge is 2.12. The van der Waals surface area contributed by atoms with Gasteiger partial charge in [-0.15, -0.1) is 0 Å². The highest BCUT2D eigenvalue weighted by atomic mass is 16.3. The number of nitrogens with two attached hydrogens (primary N) is 1. The molecule has 2 aromatic carbocycles. The summed E-state index contributed by atoms with van der Waals surface area (Å²) in [6.45, 7) is 4.96. The van der Waals surface area contributed by atoms with Gasteiger partial charge in [-0.2, -0.15) is 0 Å². The fourth-order valence-electron chi connectivity index (χ4n) is 2.46. The average molecular weight is 267 g/mol. The van der Waals surface area contributed by atoms with Gasteiger partial charge in [0.2, 0.25) is 0 Å². The molecule has 3 rings (SSSR count). The van der Waals surface area contributed by atoms with E-state index in [0.717, 1.165) is 29.0 Å². The second-order valence-electron chi connectivity index (χ2n) is 4.95. The van der Waals surface area contributed by atoms with E-state index in [1.165, 1.54) is 5.56 Å². The summed E-state index contributed by atoms with van der Waals surface area (Å²) >= 11 is 0. The van der Waals surface area contributed by atoms with Crippen LogP contribution in [0.5, 0.6) is 5.75 Å². The lowest BCUT2D eigenvalue weighted by Gasteiger charge is -2.07. The van der Waals surface area contributed by atoms with Gasteiger partial charge in [0, 0.05) is 12.1 Å². The zero-order valence-corrected chi connectivity index (χ0v) is 11.6. The number of phenolic OH excluding ortho intramolecular Hbond substituents is 1. The van der Waals surface area contributed by atoms with Gasteiger partial charge in [0.15, 0.2) is 0 Å². The Balaban J connectivity index is 2.26. The lowest BCUT2D eigenvalue weighted by atomic mass is 10.2. The van der Waals surface area contributed by atoms with Crippen LogP contribution in [-0.4, -0.2) is 14.7 Å². The second-order valence-corrected chi connectivity index (χ2v) is 4.95. The van der Waals surface area contributed by atoms with Crippen molar-refractivity contribution in [2.75, 3.05) is 5.73 Å². The molecule has 0 amide bonds. The normalized spacial score (nSPS) is 11.1. The van der Waals surface area contributed by atoms with E-state index < -0.39 is 0 Å². The van der Waals surface area contributed by atoms with Gasteiger partial charge in [-0.25, -0.2) is 4.98 Å². The Labute approximate surface area is 117 Å². The van der Waals surface area contributed by atoms with Crippen LogP contribution in [-0.2, 0) is 6.54 Å². The predicted octanol–water partition coefficient (Wildman–Crippen LogP) is 3.32. The molecule has 0 aliphatic heterocycles. The van der Waals surface area contributed by atoms with Crippen molar-refractivity contribution >= 4 is 16.7 Å². The third-order valence-corrected chi connectivity index (χ3v) is 3.51. The molecule has 1 heterocycles. The molecule has 0 spiro atoms. The molecule has 4 nitrogen and oxygen atoms in total. The van der Waals surface area contributed by atoms with Crippen molar-refractivity contribution in [3.05, 3.63) is 42.0 Å². The Kier molecular flexibility index (Phi) is 2.86. The Morgan fingerprint density at radius 1 is 1.20 bits per heavy atom. The Morgan fingerprint density at radius 2 is 2.00 bits per heavy atom. The van der Waals surface area contributed by atoms with Crippen LogP contribution in [0.1, 0.15) is 12.5 Å². The van der Waals surface area contributed by atoms with Crippen molar-refractivity contribution in [1.29, 1.82) is 0 Å². The summed E-state index contributed by atoms with van der Waals surface area (Å²) in [5.41, 5.74) is 10.2. The average Bonchev–Trinajstić information content (AvgIpc) is 2.79. The number of benzene rings is 2. The molecule has 4 heteroatoms. The quantitative estimate of drug-likeness (QED) is 0.553. The molecule has 0 bridgehead atoms. The minimum Gasteiger partial charge on any atom is -0.506 e.